The number of carboxylic acid groups (broad SMARTS) is 1. The van der Waals surface area contributed by atoms with E-state index in [0.29, 0.717) is 11.3 Å². The van der Waals surface area contributed by atoms with E-state index in [0.717, 1.165) is 0 Å². The Morgan fingerprint density at radius 2 is 2.06 bits per heavy atom. The first-order valence-electron chi connectivity index (χ1n) is 5.58. The van der Waals surface area contributed by atoms with Crippen molar-refractivity contribution in [1.29, 1.82) is 0 Å². The summed E-state index contributed by atoms with van der Waals surface area (Å²) >= 11 is 0. The standard InChI is InChI=1S/C12H16N2O4/c1-7(2)11(12(15)16)13-9-5-4-6-10(8(9)3)14(17)18/h4-7,11,13H,1-3H3,(H,15,16). The molecule has 18 heavy (non-hydrogen) atoms. The molecule has 2 N–H and O–H groups in total. The summed E-state index contributed by atoms with van der Waals surface area (Å²) in [6.07, 6.45) is 0. The van der Waals surface area contributed by atoms with Crippen LogP contribution in [0.1, 0.15) is 19.4 Å². The second-order valence-electron chi connectivity index (χ2n) is 4.41. The predicted octanol–water partition coefficient (Wildman–Crippen LogP) is 2.42. The molecule has 1 atom stereocenters. The number of carbonyl (C=O) groups is 1. The molecule has 6 nitrogen and oxygen atoms in total. The first-order valence-corrected chi connectivity index (χ1v) is 5.58. The Morgan fingerprint density at radius 1 is 1.44 bits per heavy atom. The van der Waals surface area contributed by atoms with Crippen molar-refractivity contribution in [2.45, 2.75) is 26.8 Å². The van der Waals surface area contributed by atoms with Crippen molar-refractivity contribution in [1.82, 2.24) is 0 Å². The first kappa shape index (κ1) is 14.0. The van der Waals surface area contributed by atoms with Gasteiger partial charge in [0.05, 0.1) is 4.92 Å². The van der Waals surface area contributed by atoms with Crippen LogP contribution in [0.5, 0.6) is 0 Å². The van der Waals surface area contributed by atoms with E-state index in [1.165, 1.54) is 12.1 Å². The molecule has 0 aliphatic rings. The van der Waals surface area contributed by atoms with Crippen LogP contribution < -0.4 is 5.32 Å². The molecule has 1 aromatic carbocycles. The lowest BCUT2D eigenvalue weighted by molar-refractivity contribution is -0.385. The van der Waals surface area contributed by atoms with Crippen molar-refractivity contribution in [2.24, 2.45) is 5.92 Å². The van der Waals surface area contributed by atoms with Crippen LogP contribution in [0.15, 0.2) is 18.2 Å². The van der Waals surface area contributed by atoms with Gasteiger partial charge in [0.15, 0.2) is 0 Å². The van der Waals surface area contributed by atoms with Gasteiger partial charge in [-0.2, -0.15) is 0 Å². The van der Waals surface area contributed by atoms with Gasteiger partial charge in [0, 0.05) is 17.3 Å². The zero-order valence-corrected chi connectivity index (χ0v) is 10.5. The van der Waals surface area contributed by atoms with Crippen LogP contribution in [0.2, 0.25) is 0 Å². The quantitative estimate of drug-likeness (QED) is 0.620. The molecule has 0 amide bonds. The smallest absolute Gasteiger partial charge is 0.326 e. The Labute approximate surface area is 105 Å². The molecular weight excluding hydrogens is 236 g/mol. The summed E-state index contributed by atoms with van der Waals surface area (Å²) in [6, 6.07) is 3.80. The molecule has 0 fully saturated rings. The van der Waals surface area contributed by atoms with Crippen LogP contribution in [-0.2, 0) is 4.79 Å². The minimum atomic E-state index is -0.976. The summed E-state index contributed by atoms with van der Waals surface area (Å²) in [5, 5.41) is 22.7. The van der Waals surface area contributed by atoms with Crippen LogP contribution >= 0.6 is 0 Å². The lowest BCUT2D eigenvalue weighted by Gasteiger charge is -2.20. The molecule has 1 unspecified atom stereocenters. The van der Waals surface area contributed by atoms with Crippen molar-refractivity contribution in [3.05, 3.63) is 33.9 Å². The third-order valence-corrected chi connectivity index (χ3v) is 2.75. The van der Waals surface area contributed by atoms with E-state index in [1.807, 2.05) is 0 Å². The van der Waals surface area contributed by atoms with Gasteiger partial charge < -0.3 is 10.4 Å². The molecule has 1 aromatic rings. The fourth-order valence-corrected chi connectivity index (χ4v) is 1.66. The van der Waals surface area contributed by atoms with Gasteiger partial charge in [0.1, 0.15) is 6.04 Å². The number of anilines is 1. The number of rotatable bonds is 5. The largest absolute Gasteiger partial charge is 0.480 e. The molecule has 0 spiro atoms. The highest BCUT2D eigenvalue weighted by Gasteiger charge is 2.23. The molecule has 0 saturated heterocycles. The molecule has 0 aliphatic carbocycles. The van der Waals surface area contributed by atoms with Gasteiger partial charge in [-0.3, -0.25) is 10.1 Å². The highest BCUT2D eigenvalue weighted by atomic mass is 16.6. The molecule has 98 valence electrons. The fraction of sp³-hybridized carbons (Fsp3) is 0.417. The summed E-state index contributed by atoms with van der Waals surface area (Å²) < 4.78 is 0. The normalized spacial score (nSPS) is 12.2. The van der Waals surface area contributed by atoms with E-state index < -0.39 is 16.9 Å². The van der Waals surface area contributed by atoms with Crippen LogP contribution in [-0.4, -0.2) is 22.0 Å². The van der Waals surface area contributed by atoms with E-state index in [2.05, 4.69) is 5.32 Å². The number of aliphatic carboxylic acids is 1. The number of nitrogens with one attached hydrogen (secondary N) is 1. The highest BCUT2D eigenvalue weighted by molar-refractivity contribution is 5.78. The summed E-state index contributed by atoms with van der Waals surface area (Å²) in [4.78, 5) is 21.4. The number of benzene rings is 1. The zero-order chi connectivity index (χ0) is 13.9. The summed E-state index contributed by atoms with van der Waals surface area (Å²) in [5.41, 5.74) is 0.896. The third kappa shape index (κ3) is 2.97. The van der Waals surface area contributed by atoms with Crippen LogP contribution in [0.3, 0.4) is 0 Å². The summed E-state index contributed by atoms with van der Waals surface area (Å²) in [6.45, 7) is 5.15. The zero-order valence-electron chi connectivity index (χ0n) is 10.5. The second-order valence-corrected chi connectivity index (χ2v) is 4.41. The fourth-order valence-electron chi connectivity index (χ4n) is 1.66. The van der Waals surface area contributed by atoms with Crippen LogP contribution in [0, 0.1) is 23.0 Å². The van der Waals surface area contributed by atoms with Crippen LogP contribution in [0.25, 0.3) is 0 Å². The van der Waals surface area contributed by atoms with Gasteiger partial charge in [-0.15, -0.1) is 0 Å². The average Bonchev–Trinajstić information content (AvgIpc) is 2.26. The lowest BCUT2D eigenvalue weighted by Crippen LogP contribution is -2.34. The molecule has 0 aliphatic heterocycles. The Bertz CT molecular complexity index is 471. The Balaban J connectivity index is 3.07. The summed E-state index contributed by atoms with van der Waals surface area (Å²) in [5.74, 6) is -1.10. The SMILES string of the molecule is Cc1c(NC(C(=O)O)C(C)C)cccc1[N+](=O)[O-]. The van der Waals surface area contributed by atoms with Gasteiger partial charge in [-0.1, -0.05) is 19.9 Å². The predicted molar refractivity (Wildman–Crippen MR) is 67.7 cm³/mol. The van der Waals surface area contributed by atoms with Gasteiger partial charge in [-0.05, 0) is 18.9 Å². The molecular formula is C12H16N2O4. The maximum Gasteiger partial charge on any atom is 0.326 e. The van der Waals surface area contributed by atoms with E-state index in [9.17, 15) is 14.9 Å². The second kappa shape index (κ2) is 5.48. The Kier molecular flexibility index (Phi) is 4.25. The van der Waals surface area contributed by atoms with Gasteiger partial charge in [0.2, 0.25) is 0 Å². The molecule has 0 aromatic heterocycles. The third-order valence-electron chi connectivity index (χ3n) is 2.75. The van der Waals surface area contributed by atoms with Gasteiger partial charge in [0.25, 0.3) is 5.69 Å². The Hall–Kier alpha value is -2.11. The maximum absolute atomic E-state index is 11.1. The molecule has 6 heteroatoms. The minimum absolute atomic E-state index is 0.0205. The van der Waals surface area contributed by atoms with Crippen molar-refractivity contribution < 1.29 is 14.8 Å². The Morgan fingerprint density at radius 3 is 2.50 bits per heavy atom. The van der Waals surface area contributed by atoms with E-state index >= 15 is 0 Å². The lowest BCUT2D eigenvalue weighted by atomic mass is 10.0. The number of nitro groups is 1. The number of nitro benzene ring substituents is 1. The topological polar surface area (TPSA) is 92.5 Å². The highest BCUT2D eigenvalue weighted by Crippen LogP contribution is 2.26. The molecule has 0 saturated carbocycles. The molecule has 0 bridgehead atoms. The molecule has 0 radical (unpaired) electrons. The number of nitrogens with zero attached hydrogens (tertiary/aromatic N) is 1. The van der Waals surface area contributed by atoms with Crippen molar-refractivity contribution in [3.8, 4) is 0 Å². The van der Waals surface area contributed by atoms with E-state index in [-0.39, 0.29) is 11.6 Å². The monoisotopic (exact) mass is 252 g/mol. The molecule has 1 rings (SSSR count). The van der Waals surface area contributed by atoms with Gasteiger partial charge >= 0.3 is 5.97 Å². The van der Waals surface area contributed by atoms with Crippen LogP contribution in [0.4, 0.5) is 11.4 Å². The van der Waals surface area contributed by atoms with Crippen molar-refractivity contribution in [3.63, 3.8) is 0 Å². The number of carboxylic acids is 1. The first-order chi connectivity index (χ1) is 8.34. The molecule has 0 heterocycles. The number of hydrogen-bond acceptors (Lipinski definition) is 4. The van der Waals surface area contributed by atoms with E-state index in [1.54, 1.807) is 26.8 Å². The maximum atomic E-state index is 11.1. The van der Waals surface area contributed by atoms with Crippen molar-refractivity contribution >= 4 is 17.3 Å². The van der Waals surface area contributed by atoms with Gasteiger partial charge in [-0.25, -0.2) is 4.79 Å². The minimum Gasteiger partial charge on any atom is -0.480 e. The number of hydrogen-bond donors (Lipinski definition) is 2. The van der Waals surface area contributed by atoms with E-state index in [4.69, 9.17) is 5.11 Å². The summed E-state index contributed by atoms with van der Waals surface area (Å²) in [7, 11) is 0. The van der Waals surface area contributed by atoms with Crippen molar-refractivity contribution in [2.75, 3.05) is 5.32 Å². The average molecular weight is 252 g/mol.